The van der Waals surface area contributed by atoms with Crippen molar-refractivity contribution < 1.29 is 9.53 Å². The molecule has 0 aliphatic carbocycles. The van der Waals surface area contributed by atoms with E-state index in [9.17, 15) is 9.59 Å². The summed E-state index contributed by atoms with van der Waals surface area (Å²) in [4.78, 5) is 26.3. The molecule has 25 heavy (non-hydrogen) atoms. The van der Waals surface area contributed by atoms with Gasteiger partial charge in [-0.25, -0.2) is 0 Å². The maximum atomic E-state index is 12.7. The van der Waals surface area contributed by atoms with Gasteiger partial charge in [-0.05, 0) is 31.2 Å². The Morgan fingerprint density at radius 1 is 1.32 bits per heavy atom. The number of pyridine rings is 1. The largest absolute Gasteiger partial charge is 0.488 e. The van der Waals surface area contributed by atoms with E-state index in [1.54, 1.807) is 34.7 Å². The van der Waals surface area contributed by atoms with Gasteiger partial charge in [0.25, 0.3) is 11.5 Å². The summed E-state index contributed by atoms with van der Waals surface area (Å²) in [6, 6.07) is 8.53. The Morgan fingerprint density at radius 2 is 2.08 bits per heavy atom. The van der Waals surface area contributed by atoms with Crippen molar-refractivity contribution in [2.45, 2.75) is 19.4 Å². The Labute approximate surface area is 159 Å². The molecule has 1 aromatic heterocycles. The highest BCUT2D eigenvalue weighted by Gasteiger charge is 2.29. The van der Waals surface area contributed by atoms with Gasteiger partial charge in [0, 0.05) is 36.2 Å². The number of hydrogen-bond donors (Lipinski definition) is 0. The average Bonchev–Trinajstić information content (AvgIpc) is 3.02. The summed E-state index contributed by atoms with van der Waals surface area (Å²) < 4.78 is 8.28. The van der Waals surface area contributed by atoms with Crippen molar-refractivity contribution in [1.29, 1.82) is 0 Å². The summed E-state index contributed by atoms with van der Waals surface area (Å²) in [7, 11) is 1.72. The molecule has 132 valence electrons. The van der Waals surface area contributed by atoms with Crippen molar-refractivity contribution in [2.24, 2.45) is 7.05 Å². The van der Waals surface area contributed by atoms with E-state index in [0.29, 0.717) is 35.8 Å². The van der Waals surface area contributed by atoms with Crippen molar-refractivity contribution in [1.82, 2.24) is 9.47 Å². The van der Waals surface area contributed by atoms with Crippen LogP contribution >= 0.6 is 27.5 Å². The molecule has 1 aliphatic heterocycles. The number of rotatable bonds is 3. The third-order valence-corrected chi connectivity index (χ3v) is 5.19. The van der Waals surface area contributed by atoms with Gasteiger partial charge >= 0.3 is 0 Å². The second kappa shape index (κ2) is 7.22. The molecule has 3 rings (SSSR count). The molecule has 0 N–H and O–H groups in total. The molecule has 1 aliphatic rings. The van der Waals surface area contributed by atoms with E-state index < -0.39 is 0 Å². The van der Waals surface area contributed by atoms with E-state index in [4.69, 9.17) is 16.3 Å². The maximum Gasteiger partial charge on any atom is 0.255 e. The number of amides is 1. The zero-order valence-corrected chi connectivity index (χ0v) is 16.3. The molecule has 1 fully saturated rings. The smallest absolute Gasteiger partial charge is 0.255 e. The van der Waals surface area contributed by atoms with Crippen LogP contribution in [0.1, 0.15) is 22.5 Å². The SMILES string of the molecule is Cc1cc(OC2CCN(C(=O)c3cc(Br)ccc3Cl)C2)cc(=O)n1C. The Balaban J connectivity index is 1.70. The first-order valence-corrected chi connectivity index (χ1v) is 9.11. The Bertz CT molecular complexity index is 881. The number of carbonyl (C=O) groups excluding carboxylic acids is 1. The van der Waals surface area contributed by atoms with Crippen LogP contribution < -0.4 is 10.3 Å². The summed E-state index contributed by atoms with van der Waals surface area (Å²) in [5.41, 5.74) is 1.19. The highest BCUT2D eigenvalue weighted by atomic mass is 79.9. The standard InChI is InChI=1S/C18H18BrClN2O3/c1-11-7-14(9-17(23)21(11)2)25-13-5-6-22(10-13)18(24)15-8-12(19)3-4-16(15)20/h3-4,7-9,13H,5-6,10H2,1-2H3. The molecule has 1 amide bonds. The van der Waals surface area contributed by atoms with Gasteiger partial charge in [0.1, 0.15) is 11.9 Å². The third-order valence-electron chi connectivity index (χ3n) is 4.37. The molecule has 5 nitrogen and oxygen atoms in total. The minimum absolute atomic E-state index is 0.109. The Kier molecular flexibility index (Phi) is 5.20. The van der Waals surface area contributed by atoms with Gasteiger partial charge in [-0.2, -0.15) is 0 Å². The molecule has 1 saturated heterocycles. The van der Waals surface area contributed by atoms with Crippen LogP contribution in [0.15, 0.2) is 39.6 Å². The van der Waals surface area contributed by atoms with Crippen molar-refractivity contribution in [3.8, 4) is 5.75 Å². The fourth-order valence-electron chi connectivity index (χ4n) is 2.84. The highest BCUT2D eigenvalue weighted by molar-refractivity contribution is 9.10. The summed E-state index contributed by atoms with van der Waals surface area (Å²) in [6.07, 6.45) is 0.576. The van der Waals surface area contributed by atoms with Crippen LogP contribution in [0.25, 0.3) is 0 Å². The molecular weight excluding hydrogens is 408 g/mol. The number of aryl methyl sites for hydroxylation is 1. The van der Waals surface area contributed by atoms with Gasteiger partial charge in [0.15, 0.2) is 0 Å². The number of nitrogens with zero attached hydrogens (tertiary/aromatic N) is 2. The number of aromatic nitrogens is 1. The number of hydrogen-bond acceptors (Lipinski definition) is 3. The fourth-order valence-corrected chi connectivity index (χ4v) is 3.40. The lowest BCUT2D eigenvalue weighted by Gasteiger charge is -2.18. The van der Waals surface area contributed by atoms with Gasteiger partial charge in [0.2, 0.25) is 0 Å². The highest BCUT2D eigenvalue weighted by Crippen LogP contribution is 2.25. The van der Waals surface area contributed by atoms with Crippen LogP contribution in [0.5, 0.6) is 5.75 Å². The van der Waals surface area contributed by atoms with Crippen LogP contribution in [0, 0.1) is 6.92 Å². The Morgan fingerprint density at radius 3 is 2.80 bits per heavy atom. The van der Waals surface area contributed by atoms with Crippen LogP contribution in [-0.2, 0) is 7.05 Å². The van der Waals surface area contributed by atoms with Crippen molar-refractivity contribution >= 4 is 33.4 Å². The summed E-state index contributed by atoms with van der Waals surface area (Å²) in [5.74, 6) is 0.429. The predicted molar refractivity (Wildman–Crippen MR) is 101 cm³/mol. The predicted octanol–water partition coefficient (Wildman–Crippen LogP) is 3.40. The van der Waals surface area contributed by atoms with Gasteiger partial charge < -0.3 is 14.2 Å². The molecule has 2 heterocycles. The molecule has 0 bridgehead atoms. The quantitative estimate of drug-likeness (QED) is 0.757. The summed E-state index contributed by atoms with van der Waals surface area (Å²) in [6.45, 7) is 2.92. The lowest BCUT2D eigenvalue weighted by atomic mass is 10.2. The van der Waals surface area contributed by atoms with E-state index in [-0.39, 0.29) is 17.6 Å². The molecular formula is C18H18BrClN2O3. The van der Waals surface area contributed by atoms with Crippen LogP contribution in [0.2, 0.25) is 5.02 Å². The molecule has 1 unspecified atom stereocenters. The van der Waals surface area contributed by atoms with E-state index >= 15 is 0 Å². The van der Waals surface area contributed by atoms with E-state index in [1.807, 2.05) is 13.0 Å². The molecule has 2 aromatic rings. The number of likely N-dealkylation sites (tertiary alicyclic amines) is 1. The first kappa shape index (κ1) is 18.0. The topological polar surface area (TPSA) is 51.5 Å². The minimum atomic E-state index is -0.138. The van der Waals surface area contributed by atoms with Gasteiger partial charge in [-0.15, -0.1) is 0 Å². The minimum Gasteiger partial charge on any atom is -0.488 e. The first-order valence-electron chi connectivity index (χ1n) is 7.94. The van der Waals surface area contributed by atoms with Crippen LogP contribution in [0.3, 0.4) is 0 Å². The van der Waals surface area contributed by atoms with Gasteiger partial charge in [-0.1, -0.05) is 27.5 Å². The molecule has 1 atom stereocenters. The number of halogens is 2. The molecule has 0 saturated carbocycles. The normalized spacial score (nSPS) is 17.0. The van der Waals surface area contributed by atoms with E-state index in [2.05, 4.69) is 15.9 Å². The second-order valence-corrected chi connectivity index (χ2v) is 7.46. The van der Waals surface area contributed by atoms with Crippen LogP contribution in [0.4, 0.5) is 0 Å². The average molecular weight is 426 g/mol. The lowest BCUT2D eigenvalue weighted by molar-refractivity contribution is 0.0772. The third kappa shape index (κ3) is 3.90. The van der Waals surface area contributed by atoms with Gasteiger partial charge in [-0.3, -0.25) is 9.59 Å². The molecule has 7 heteroatoms. The Hall–Kier alpha value is -1.79. The molecule has 0 spiro atoms. The maximum absolute atomic E-state index is 12.7. The molecule has 0 radical (unpaired) electrons. The number of ether oxygens (including phenoxy) is 1. The zero-order valence-electron chi connectivity index (χ0n) is 14.0. The number of benzene rings is 1. The fraction of sp³-hybridized carbons (Fsp3) is 0.333. The second-order valence-electron chi connectivity index (χ2n) is 6.13. The number of carbonyl (C=O) groups is 1. The van der Waals surface area contributed by atoms with E-state index in [0.717, 1.165) is 10.2 Å². The van der Waals surface area contributed by atoms with Crippen LogP contribution in [-0.4, -0.2) is 34.6 Å². The van der Waals surface area contributed by atoms with E-state index in [1.165, 1.54) is 6.07 Å². The summed E-state index contributed by atoms with van der Waals surface area (Å²) >= 11 is 9.51. The first-order chi connectivity index (χ1) is 11.8. The van der Waals surface area contributed by atoms with Crippen molar-refractivity contribution in [3.05, 3.63) is 61.4 Å². The summed E-state index contributed by atoms with van der Waals surface area (Å²) in [5, 5.41) is 0.430. The monoisotopic (exact) mass is 424 g/mol. The van der Waals surface area contributed by atoms with Crippen molar-refractivity contribution in [3.63, 3.8) is 0 Å². The van der Waals surface area contributed by atoms with Crippen molar-refractivity contribution in [2.75, 3.05) is 13.1 Å². The zero-order chi connectivity index (χ0) is 18.1. The molecule has 1 aromatic carbocycles. The lowest BCUT2D eigenvalue weighted by Crippen LogP contribution is -2.31. The van der Waals surface area contributed by atoms with Gasteiger partial charge in [0.05, 0.1) is 17.1 Å².